The van der Waals surface area contributed by atoms with Gasteiger partial charge in [-0.3, -0.25) is 0 Å². The van der Waals surface area contributed by atoms with Crippen molar-refractivity contribution in [3.8, 4) is 11.1 Å². The molecule has 0 spiro atoms. The standard InChI is InChI=1S/C13H16N2O/c1-8(2)12-11(13(14)16-15-12)10-6-4-9(3)5-7-10/h4-8H,14H2,1-3H3. The highest BCUT2D eigenvalue weighted by Gasteiger charge is 2.17. The summed E-state index contributed by atoms with van der Waals surface area (Å²) in [4.78, 5) is 0. The molecule has 2 aromatic rings. The zero-order chi connectivity index (χ0) is 11.7. The van der Waals surface area contributed by atoms with Crippen molar-refractivity contribution in [2.24, 2.45) is 0 Å². The van der Waals surface area contributed by atoms with E-state index in [1.54, 1.807) is 0 Å². The molecular formula is C13H16N2O. The van der Waals surface area contributed by atoms with Crippen molar-refractivity contribution in [2.75, 3.05) is 5.73 Å². The van der Waals surface area contributed by atoms with Gasteiger partial charge in [0.15, 0.2) is 0 Å². The third-order valence-electron chi connectivity index (χ3n) is 2.63. The van der Waals surface area contributed by atoms with E-state index in [0.29, 0.717) is 11.8 Å². The van der Waals surface area contributed by atoms with E-state index in [9.17, 15) is 0 Å². The van der Waals surface area contributed by atoms with Crippen LogP contribution in [0.1, 0.15) is 31.0 Å². The van der Waals surface area contributed by atoms with E-state index in [4.69, 9.17) is 10.3 Å². The van der Waals surface area contributed by atoms with Gasteiger partial charge in [0.25, 0.3) is 0 Å². The third-order valence-corrected chi connectivity index (χ3v) is 2.63. The summed E-state index contributed by atoms with van der Waals surface area (Å²) in [6.45, 7) is 6.22. The lowest BCUT2D eigenvalue weighted by atomic mass is 9.99. The molecule has 3 heteroatoms. The van der Waals surface area contributed by atoms with Gasteiger partial charge in [0.1, 0.15) is 0 Å². The highest BCUT2D eigenvalue weighted by Crippen LogP contribution is 2.33. The normalized spacial score (nSPS) is 11.0. The average molecular weight is 216 g/mol. The van der Waals surface area contributed by atoms with Crippen LogP contribution in [0.2, 0.25) is 0 Å². The largest absolute Gasteiger partial charge is 0.367 e. The Morgan fingerprint density at radius 3 is 2.38 bits per heavy atom. The summed E-state index contributed by atoms with van der Waals surface area (Å²) in [6.07, 6.45) is 0. The Labute approximate surface area is 95.3 Å². The monoisotopic (exact) mass is 216 g/mol. The van der Waals surface area contributed by atoms with E-state index >= 15 is 0 Å². The number of rotatable bonds is 2. The molecule has 1 aromatic heterocycles. The quantitative estimate of drug-likeness (QED) is 0.837. The second-order valence-corrected chi connectivity index (χ2v) is 4.33. The van der Waals surface area contributed by atoms with E-state index < -0.39 is 0 Å². The Morgan fingerprint density at radius 1 is 1.19 bits per heavy atom. The third kappa shape index (κ3) is 1.81. The molecule has 3 nitrogen and oxygen atoms in total. The summed E-state index contributed by atoms with van der Waals surface area (Å²) >= 11 is 0. The highest BCUT2D eigenvalue weighted by atomic mass is 16.5. The van der Waals surface area contributed by atoms with Gasteiger partial charge in [0.2, 0.25) is 5.88 Å². The Hall–Kier alpha value is -1.77. The molecule has 0 unspecified atom stereocenters. The van der Waals surface area contributed by atoms with Crippen molar-refractivity contribution in [1.29, 1.82) is 0 Å². The van der Waals surface area contributed by atoms with Crippen molar-refractivity contribution in [1.82, 2.24) is 5.16 Å². The molecule has 0 aliphatic heterocycles. The summed E-state index contributed by atoms with van der Waals surface area (Å²) in [7, 11) is 0. The van der Waals surface area contributed by atoms with Gasteiger partial charge in [0.05, 0.1) is 11.3 Å². The Morgan fingerprint density at radius 2 is 1.81 bits per heavy atom. The number of aryl methyl sites for hydroxylation is 1. The lowest BCUT2D eigenvalue weighted by Crippen LogP contribution is -1.93. The Bertz CT molecular complexity index is 483. The number of hydrogen-bond donors (Lipinski definition) is 1. The van der Waals surface area contributed by atoms with Crippen molar-refractivity contribution in [3.63, 3.8) is 0 Å². The topological polar surface area (TPSA) is 52.0 Å². The molecule has 1 aromatic carbocycles. The molecule has 0 atom stereocenters. The maximum atomic E-state index is 5.82. The summed E-state index contributed by atoms with van der Waals surface area (Å²) in [5.74, 6) is 0.699. The van der Waals surface area contributed by atoms with Crippen LogP contribution in [0, 0.1) is 6.92 Å². The first-order valence-corrected chi connectivity index (χ1v) is 5.41. The van der Waals surface area contributed by atoms with Gasteiger partial charge in [0, 0.05) is 0 Å². The smallest absolute Gasteiger partial charge is 0.230 e. The molecule has 0 aliphatic rings. The maximum absolute atomic E-state index is 5.82. The average Bonchev–Trinajstić information content (AvgIpc) is 2.62. The van der Waals surface area contributed by atoms with E-state index in [1.165, 1.54) is 5.56 Å². The molecule has 84 valence electrons. The van der Waals surface area contributed by atoms with Crippen LogP contribution in [0.25, 0.3) is 11.1 Å². The fourth-order valence-corrected chi connectivity index (χ4v) is 1.72. The van der Waals surface area contributed by atoms with Crippen LogP contribution in [0.15, 0.2) is 28.8 Å². The Kier molecular flexibility index (Phi) is 2.69. The molecule has 0 fully saturated rings. The van der Waals surface area contributed by atoms with Crippen LogP contribution in [0.5, 0.6) is 0 Å². The van der Waals surface area contributed by atoms with Gasteiger partial charge < -0.3 is 10.3 Å². The van der Waals surface area contributed by atoms with E-state index in [0.717, 1.165) is 16.8 Å². The van der Waals surface area contributed by atoms with Crippen molar-refractivity contribution < 1.29 is 4.52 Å². The first-order chi connectivity index (χ1) is 7.59. The number of nitrogens with two attached hydrogens (primary N) is 1. The zero-order valence-electron chi connectivity index (χ0n) is 9.82. The minimum Gasteiger partial charge on any atom is -0.367 e. The van der Waals surface area contributed by atoms with Crippen LogP contribution >= 0.6 is 0 Å². The van der Waals surface area contributed by atoms with Gasteiger partial charge >= 0.3 is 0 Å². The molecule has 1 heterocycles. The Balaban J connectivity index is 2.54. The van der Waals surface area contributed by atoms with Crippen LogP contribution in [-0.4, -0.2) is 5.16 Å². The van der Waals surface area contributed by atoms with Crippen LogP contribution in [0.4, 0.5) is 5.88 Å². The molecule has 0 radical (unpaired) electrons. The highest BCUT2D eigenvalue weighted by molar-refractivity contribution is 5.75. The van der Waals surface area contributed by atoms with Gasteiger partial charge in [-0.25, -0.2) is 0 Å². The number of benzene rings is 1. The lowest BCUT2D eigenvalue weighted by molar-refractivity contribution is 0.424. The summed E-state index contributed by atoms with van der Waals surface area (Å²) in [6, 6.07) is 8.21. The van der Waals surface area contributed by atoms with E-state index in [2.05, 4.69) is 38.1 Å². The zero-order valence-corrected chi connectivity index (χ0v) is 9.82. The molecule has 0 saturated carbocycles. The molecule has 16 heavy (non-hydrogen) atoms. The predicted molar refractivity (Wildman–Crippen MR) is 65.2 cm³/mol. The van der Waals surface area contributed by atoms with Crippen LogP contribution < -0.4 is 5.73 Å². The lowest BCUT2D eigenvalue weighted by Gasteiger charge is -2.05. The van der Waals surface area contributed by atoms with Gasteiger partial charge in [-0.05, 0) is 18.4 Å². The molecule has 0 aliphatic carbocycles. The molecule has 0 saturated heterocycles. The number of nitrogens with zero attached hydrogens (tertiary/aromatic N) is 1. The minimum atomic E-state index is 0.303. The molecule has 0 amide bonds. The van der Waals surface area contributed by atoms with Crippen molar-refractivity contribution >= 4 is 5.88 Å². The van der Waals surface area contributed by atoms with Crippen molar-refractivity contribution in [3.05, 3.63) is 35.5 Å². The first kappa shape index (κ1) is 10.7. The number of anilines is 1. The van der Waals surface area contributed by atoms with Crippen molar-refractivity contribution in [2.45, 2.75) is 26.7 Å². The summed E-state index contributed by atoms with van der Waals surface area (Å²) < 4.78 is 5.07. The maximum Gasteiger partial charge on any atom is 0.230 e. The number of hydrogen-bond acceptors (Lipinski definition) is 3. The first-order valence-electron chi connectivity index (χ1n) is 5.41. The second-order valence-electron chi connectivity index (χ2n) is 4.33. The molecular weight excluding hydrogens is 200 g/mol. The van der Waals surface area contributed by atoms with Crippen LogP contribution in [-0.2, 0) is 0 Å². The minimum absolute atomic E-state index is 0.303. The number of aromatic nitrogens is 1. The fourth-order valence-electron chi connectivity index (χ4n) is 1.72. The SMILES string of the molecule is Cc1ccc(-c2c(C(C)C)noc2N)cc1. The van der Waals surface area contributed by atoms with Gasteiger partial charge in [-0.15, -0.1) is 0 Å². The number of nitrogen functional groups attached to an aromatic ring is 1. The second kappa shape index (κ2) is 4.00. The predicted octanol–water partition coefficient (Wildman–Crippen LogP) is 3.36. The summed E-state index contributed by atoms with van der Waals surface area (Å²) in [5, 5.41) is 4.01. The van der Waals surface area contributed by atoms with Crippen LogP contribution in [0.3, 0.4) is 0 Å². The molecule has 0 bridgehead atoms. The molecule has 2 N–H and O–H groups in total. The van der Waals surface area contributed by atoms with E-state index in [-0.39, 0.29) is 0 Å². The van der Waals surface area contributed by atoms with Gasteiger partial charge in [-0.2, -0.15) is 0 Å². The van der Waals surface area contributed by atoms with Gasteiger partial charge in [-0.1, -0.05) is 48.8 Å². The summed E-state index contributed by atoms with van der Waals surface area (Å²) in [5.41, 5.74) is 9.95. The fraction of sp³-hybridized carbons (Fsp3) is 0.308. The van der Waals surface area contributed by atoms with E-state index in [1.807, 2.05) is 12.1 Å². The molecule has 2 rings (SSSR count).